The van der Waals surface area contributed by atoms with Crippen LogP contribution in [0.4, 0.5) is 20.2 Å². The van der Waals surface area contributed by atoms with E-state index in [9.17, 15) is 22.0 Å². The van der Waals surface area contributed by atoms with Crippen molar-refractivity contribution in [2.75, 3.05) is 10.0 Å². The van der Waals surface area contributed by atoms with Crippen molar-refractivity contribution in [2.24, 2.45) is 7.05 Å². The van der Waals surface area contributed by atoms with Gasteiger partial charge in [-0.3, -0.25) is 14.2 Å². The van der Waals surface area contributed by atoms with Crippen LogP contribution < -0.4 is 10.0 Å². The van der Waals surface area contributed by atoms with Crippen molar-refractivity contribution in [3.8, 4) is 0 Å². The van der Waals surface area contributed by atoms with Gasteiger partial charge in [-0.05, 0) is 56.3 Å². The van der Waals surface area contributed by atoms with Gasteiger partial charge in [0.25, 0.3) is 10.0 Å². The fourth-order valence-corrected chi connectivity index (χ4v) is 3.99. The second-order valence-corrected chi connectivity index (χ2v) is 8.44. The molecule has 1 aromatic heterocycles. The van der Waals surface area contributed by atoms with E-state index < -0.39 is 26.6 Å². The SMILES string of the molecule is Cc1nn(C)c(C)c1CC(=O)Nc1ccc(NS(=O)(=O)c2ccc(F)c(F)c2)cc1. The van der Waals surface area contributed by atoms with Gasteiger partial charge in [-0.1, -0.05) is 0 Å². The number of benzene rings is 2. The molecule has 30 heavy (non-hydrogen) atoms. The van der Waals surface area contributed by atoms with Gasteiger partial charge in [-0.15, -0.1) is 0 Å². The molecule has 10 heteroatoms. The topological polar surface area (TPSA) is 93.1 Å². The fourth-order valence-electron chi connectivity index (χ4n) is 2.92. The van der Waals surface area contributed by atoms with Crippen molar-refractivity contribution in [2.45, 2.75) is 25.2 Å². The predicted molar refractivity (Wildman–Crippen MR) is 109 cm³/mol. The summed E-state index contributed by atoms with van der Waals surface area (Å²) >= 11 is 0. The van der Waals surface area contributed by atoms with Gasteiger partial charge in [0, 0.05) is 29.7 Å². The van der Waals surface area contributed by atoms with E-state index in [0.29, 0.717) is 11.8 Å². The molecule has 1 heterocycles. The standard InChI is InChI=1S/C20H20F2N4O3S/c1-12-17(13(2)26(3)24-12)11-20(27)23-14-4-6-15(7-5-14)25-30(28,29)16-8-9-18(21)19(22)10-16/h4-10,25H,11H2,1-3H3,(H,23,27). The Balaban J connectivity index is 1.67. The van der Waals surface area contributed by atoms with Gasteiger partial charge in [0.1, 0.15) is 0 Å². The first-order valence-electron chi connectivity index (χ1n) is 8.93. The van der Waals surface area contributed by atoms with E-state index in [-0.39, 0.29) is 18.0 Å². The number of nitrogens with one attached hydrogen (secondary N) is 2. The number of sulfonamides is 1. The molecule has 7 nitrogen and oxygen atoms in total. The van der Waals surface area contributed by atoms with Gasteiger partial charge in [0.2, 0.25) is 5.91 Å². The van der Waals surface area contributed by atoms with Crippen LogP contribution in [0.5, 0.6) is 0 Å². The lowest BCUT2D eigenvalue weighted by molar-refractivity contribution is -0.115. The number of nitrogens with zero attached hydrogens (tertiary/aromatic N) is 2. The lowest BCUT2D eigenvalue weighted by Crippen LogP contribution is -2.16. The van der Waals surface area contributed by atoms with Crippen LogP contribution in [0.1, 0.15) is 17.0 Å². The molecule has 0 radical (unpaired) electrons. The summed E-state index contributed by atoms with van der Waals surface area (Å²) in [5.74, 6) is -2.62. The zero-order chi connectivity index (χ0) is 22.1. The molecule has 0 saturated carbocycles. The van der Waals surface area contributed by atoms with Gasteiger partial charge in [0.15, 0.2) is 11.6 Å². The maximum Gasteiger partial charge on any atom is 0.261 e. The van der Waals surface area contributed by atoms with Gasteiger partial charge >= 0.3 is 0 Å². The first kappa shape index (κ1) is 21.4. The Bertz CT molecular complexity index is 1210. The van der Waals surface area contributed by atoms with Crippen LogP contribution in [0.2, 0.25) is 0 Å². The summed E-state index contributed by atoms with van der Waals surface area (Å²) in [5, 5.41) is 7.02. The third-order valence-corrected chi connectivity index (χ3v) is 6.00. The molecule has 0 aliphatic rings. The van der Waals surface area contributed by atoms with E-state index in [1.165, 1.54) is 24.3 Å². The number of aromatic nitrogens is 2. The van der Waals surface area contributed by atoms with Crippen molar-refractivity contribution < 1.29 is 22.0 Å². The number of carbonyl (C=O) groups excluding carboxylic acids is 1. The molecule has 3 aromatic rings. The highest BCUT2D eigenvalue weighted by Gasteiger charge is 2.17. The first-order chi connectivity index (χ1) is 14.1. The van der Waals surface area contributed by atoms with Crippen LogP contribution in [0.3, 0.4) is 0 Å². The third kappa shape index (κ3) is 4.65. The smallest absolute Gasteiger partial charge is 0.261 e. The molecule has 0 spiro atoms. The average molecular weight is 434 g/mol. The Kier molecular flexibility index (Phi) is 5.88. The largest absolute Gasteiger partial charge is 0.326 e. The maximum absolute atomic E-state index is 13.3. The van der Waals surface area contributed by atoms with Gasteiger partial charge in [0.05, 0.1) is 17.0 Å². The summed E-state index contributed by atoms with van der Waals surface area (Å²) in [4.78, 5) is 11.9. The van der Waals surface area contributed by atoms with E-state index >= 15 is 0 Å². The van der Waals surface area contributed by atoms with Crippen LogP contribution >= 0.6 is 0 Å². The zero-order valence-electron chi connectivity index (χ0n) is 16.5. The first-order valence-corrected chi connectivity index (χ1v) is 10.4. The van der Waals surface area contributed by atoms with Crippen LogP contribution in [-0.4, -0.2) is 24.1 Å². The number of aryl methyl sites for hydroxylation is 2. The number of anilines is 2. The second-order valence-electron chi connectivity index (χ2n) is 6.76. The quantitative estimate of drug-likeness (QED) is 0.623. The number of hydrogen-bond donors (Lipinski definition) is 2. The molecule has 2 aromatic carbocycles. The summed E-state index contributed by atoms with van der Waals surface area (Å²) in [7, 11) is -2.28. The van der Waals surface area contributed by atoms with Gasteiger partial charge in [-0.25, -0.2) is 17.2 Å². The molecule has 0 atom stereocenters. The molecule has 0 unspecified atom stereocenters. The number of amides is 1. The van der Waals surface area contributed by atoms with Gasteiger partial charge < -0.3 is 5.32 Å². The Morgan fingerprint density at radius 3 is 2.23 bits per heavy atom. The van der Waals surface area contributed by atoms with Crippen LogP contribution in [0, 0.1) is 25.5 Å². The minimum atomic E-state index is -4.09. The Morgan fingerprint density at radius 1 is 1.03 bits per heavy atom. The molecular formula is C20H20F2N4O3S. The molecule has 1 amide bonds. The minimum Gasteiger partial charge on any atom is -0.326 e. The van der Waals surface area contributed by atoms with Gasteiger partial charge in [-0.2, -0.15) is 5.10 Å². The van der Waals surface area contributed by atoms with Crippen LogP contribution in [-0.2, 0) is 28.3 Å². The van der Waals surface area contributed by atoms with E-state index in [2.05, 4.69) is 15.1 Å². The zero-order valence-corrected chi connectivity index (χ0v) is 17.3. The Hall–Kier alpha value is -3.27. The predicted octanol–water partition coefficient (Wildman–Crippen LogP) is 3.30. The second kappa shape index (κ2) is 8.23. The van der Waals surface area contributed by atoms with Crippen molar-refractivity contribution in [3.63, 3.8) is 0 Å². The fraction of sp³-hybridized carbons (Fsp3) is 0.200. The molecule has 0 bridgehead atoms. The van der Waals surface area contributed by atoms with Crippen molar-refractivity contribution in [1.82, 2.24) is 9.78 Å². The lowest BCUT2D eigenvalue weighted by atomic mass is 10.1. The Labute approximate surface area is 172 Å². The molecule has 2 N–H and O–H groups in total. The minimum absolute atomic E-state index is 0.163. The molecule has 0 aliphatic heterocycles. The summed E-state index contributed by atoms with van der Waals surface area (Å²) < 4.78 is 55.0. The maximum atomic E-state index is 13.3. The Morgan fingerprint density at radius 2 is 1.67 bits per heavy atom. The third-order valence-electron chi connectivity index (χ3n) is 4.62. The highest BCUT2D eigenvalue weighted by Crippen LogP contribution is 2.20. The van der Waals surface area contributed by atoms with E-state index in [4.69, 9.17) is 0 Å². The normalized spacial score (nSPS) is 11.4. The van der Waals surface area contributed by atoms with E-state index in [1.54, 1.807) is 4.68 Å². The van der Waals surface area contributed by atoms with Crippen molar-refractivity contribution in [3.05, 3.63) is 71.1 Å². The monoisotopic (exact) mass is 434 g/mol. The summed E-state index contributed by atoms with van der Waals surface area (Å²) in [6.07, 6.45) is 0.163. The highest BCUT2D eigenvalue weighted by molar-refractivity contribution is 7.92. The molecular weight excluding hydrogens is 414 g/mol. The summed E-state index contributed by atoms with van der Waals surface area (Å²) in [5.41, 5.74) is 3.23. The van der Waals surface area contributed by atoms with Crippen LogP contribution in [0.15, 0.2) is 47.4 Å². The molecule has 0 saturated heterocycles. The molecule has 0 fully saturated rings. The number of hydrogen-bond acceptors (Lipinski definition) is 4. The lowest BCUT2D eigenvalue weighted by Gasteiger charge is -2.10. The number of halogens is 2. The molecule has 0 aliphatic carbocycles. The van der Waals surface area contributed by atoms with Crippen molar-refractivity contribution >= 4 is 27.3 Å². The van der Waals surface area contributed by atoms with Crippen molar-refractivity contribution in [1.29, 1.82) is 0 Å². The number of carbonyl (C=O) groups is 1. The molecule has 3 rings (SSSR count). The van der Waals surface area contributed by atoms with E-state index in [0.717, 1.165) is 29.1 Å². The summed E-state index contributed by atoms with van der Waals surface area (Å²) in [6, 6.07) is 8.29. The highest BCUT2D eigenvalue weighted by atomic mass is 32.2. The number of rotatable bonds is 6. The van der Waals surface area contributed by atoms with E-state index in [1.807, 2.05) is 20.9 Å². The summed E-state index contributed by atoms with van der Waals surface area (Å²) in [6.45, 7) is 3.72. The van der Waals surface area contributed by atoms with Crippen LogP contribution in [0.25, 0.3) is 0 Å². The molecule has 158 valence electrons. The average Bonchev–Trinajstić information content (AvgIpc) is 2.91.